The first-order valence-corrected chi connectivity index (χ1v) is 11.4. The van der Waals surface area contributed by atoms with Gasteiger partial charge in [0.1, 0.15) is 0 Å². The van der Waals surface area contributed by atoms with Crippen molar-refractivity contribution in [3.63, 3.8) is 0 Å². The molecule has 0 aliphatic carbocycles. The van der Waals surface area contributed by atoms with Crippen LogP contribution in [0.4, 0.5) is 14.6 Å². The molecule has 10 heteroatoms. The molecule has 0 bridgehead atoms. The molecule has 8 nitrogen and oxygen atoms in total. The van der Waals surface area contributed by atoms with Gasteiger partial charge in [-0.2, -0.15) is 5.10 Å². The van der Waals surface area contributed by atoms with E-state index in [0.717, 1.165) is 6.07 Å². The second kappa shape index (κ2) is 9.07. The summed E-state index contributed by atoms with van der Waals surface area (Å²) in [5.41, 5.74) is 0.188. The number of fused-ring (bicyclic) bond motifs is 2. The van der Waals surface area contributed by atoms with E-state index in [1.54, 1.807) is 17.9 Å². The van der Waals surface area contributed by atoms with E-state index in [1.807, 2.05) is 34.6 Å². The molecule has 0 fully saturated rings. The summed E-state index contributed by atoms with van der Waals surface area (Å²) in [6, 6.07) is 2.69. The number of amides is 1. The maximum Gasteiger partial charge on any atom is 0.231 e. The van der Waals surface area contributed by atoms with Crippen LogP contribution in [0, 0.1) is 17.0 Å². The second-order valence-electron chi connectivity index (χ2n) is 10.5. The van der Waals surface area contributed by atoms with Crippen LogP contribution in [-0.4, -0.2) is 40.2 Å². The molecule has 1 amide bonds. The smallest absolute Gasteiger partial charge is 0.231 e. The summed E-state index contributed by atoms with van der Waals surface area (Å²) in [4.78, 5) is 17.2. The number of hydrogen-bond donors (Lipinski definition) is 1. The SMILES string of the molecule is COC(C)(C)CCn1nc(NC(=O)CC(C)(C)C)c2cc(-c3cc(F)c4c(c3F)OCO4)cnc21. The highest BCUT2D eigenvalue weighted by Gasteiger charge is 2.28. The van der Waals surface area contributed by atoms with Crippen LogP contribution in [0.2, 0.25) is 0 Å². The fraction of sp³-hybridized carbons (Fsp3) is 0.480. The molecule has 1 aromatic carbocycles. The number of nitrogens with one attached hydrogen (secondary N) is 1. The Morgan fingerprint density at radius 1 is 1.17 bits per heavy atom. The van der Waals surface area contributed by atoms with Gasteiger partial charge < -0.3 is 19.5 Å². The lowest BCUT2D eigenvalue weighted by Gasteiger charge is -2.22. The quantitative estimate of drug-likeness (QED) is 0.486. The third kappa shape index (κ3) is 5.22. The number of rotatable bonds is 7. The van der Waals surface area contributed by atoms with Crippen molar-refractivity contribution >= 4 is 22.8 Å². The zero-order valence-corrected chi connectivity index (χ0v) is 20.8. The Kier molecular flexibility index (Phi) is 6.44. The normalized spacial score (nSPS) is 13.5. The lowest BCUT2D eigenvalue weighted by molar-refractivity contribution is -0.117. The van der Waals surface area contributed by atoms with Crippen LogP contribution in [0.3, 0.4) is 0 Å². The third-order valence-electron chi connectivity index (χ3n) is 5.86. The van der Waals surface area contributed by atoms with Crippen LogP contribution in [0.15, 0.2) is 18.3 Å². The fourth-order valence-electron chi connectivity index (χ4n) is 3.80. The Bertz CT molecular complexity index is 1280. The van der Waals surface area contributed by atoms with Gasteiger partial charge in [0.2, 0.25) is 24.2 Å². The van der Waals surface area contributed by atoms with Crippen molar-refractivity contribution in [2.24, 2.45) is 5.41 Å². The molecular formula is C25H30F2N4O4. The van der Waals surface area contributed by atoms with Crippen LogP contribution in [0.5, 0.6) is 11.5 Å². The molecular weight excluding hydrogens is 458 g/mol. The number of ether oxygens (including phenoxy) is 3. The van der Waals surface area contributed by atoms with Gasteiger partial charge in [-0.25, -0.2) is 18.4 Å². The summed E-state index contributed by atoms with van der Waals surface area (Å²) in [6.45, 7) is 10.1. The molecule has 4 rings (SSSR count). The minimum Gasteiger partial charge on any atom is -0.450 e. The Balaban J connectivity index is 1.78. The number of halogens is 2. The van der Waals surface area contributed by atoms with Gasteiger partial charge in [0.25, 0.3) is 0 Å². The van der Waals surface area contributed by atoms with E-state index >= 15 is 4.39 Å². The number of carbonyl (C=O) groups is 1. The highest BCUT2D eigenvalue weighted by atomic mass is 19.1. The number of nitrogens with zero attached hydrogens (tertiary/aromatic N) is 3. The Morgan fingerprint density at radius 2 is 1.89 bits per heavy atom. The van der Waals surface area contributed by atoms with Gasteiger partial charge in [0.05, 0.1) is 11.0 Å². The van der Waals surface area contributed by atoms with Crippen LogP contribution < -0.4 is 14.8 Å². The predicted octanol–water partition coefficient (Wildman–Crippen LogP) is 5.30. The number of pyridine rings is 1. The molecule has 0 spiro atoms. The van der Waals surface area contributed by atoms with E-state index in [4.69, 9.17) is 14.2 Å². The minimum atomic E-state index is -0.743. The average Bonchev–Trinajstić information content (AvgIpc) is 3.39. The van der Waals surface area contributed by atoms with Crippen molar-refractivity contribution in [3.8, 4) is 22.6 Å². The highest BCUT2D eigenvalue weighted by Crippen LogP contribution is 2.42. The van der Waals surface area contributed by atoms with Gasteiger partial charge in [0.15, 0.2) is 23.1 Å². The maximum absolute atomic E-state index is 15.1. The third-order valence-corrected chi connectivity index (χ3v) is 5.86. The maximum atomic E-state index is 15.1. The van der Waals surface area contributed by atoms with Gasteiger partial charge in [-0.05, 0) is 37.8 Å². The Labute approximate surface area is 202 Å². The van der Waals surface area contributed by atoms with Crippen LogP contribution in [0.25, 0.3) is 22.2 Å². The number of carbonyl (C=O) groups excluding carboxylic acids is 1. The highest BCUT2D eigenvalue weighted by molar-refractivity contribution is 6.00. The summed E-state index contributed by atoms with van der Waals surface area (Å²) in [7, 11) is 1.64. The van der Waals surface area contributed by atoms with E-state index < -0.39 is 11.6 Å². The standard InChI is InChI=1S/C25H30F2N4O4/c1-24(2,3)11-18(32)29-22-16-9-14(15-10-17(26)20-21(19(15)27)35-13-34-20)12-28-23(16)31(30-22)8-7-25(4,5)33-6/h9-10,12H,7-8,11,13H2,1-6H3,(H,29,30,32). The number of aromatic nitrogens is 3. The van der Waals surface area contributed by atoms with Gasteiger partial charge in [-0.15, -0.1) is 0 Å². The topological polar surface area (TPSA) is 87.5 Å². The first-order chi connectivity index (χ1) is 16.4. The van der Waals surface area contributed by atoms with E-state index in [0.29, 0.717) is 35.4 Å². The number of benzene rings is 1. The van der Waals surface area contributed by atoms with Crippen molar-refractivity contribution in [2.45, 2.75) is 59.6 Å². The first-order valence-electron chi connectivity index (χ1n) is 11.4. The molecule has 188 valence electrons. The van der Waals surface area contributed by atoms with Crippen molar-refractivity contribution < 1.29 is 27.8 Å². The Morgan fingerprint density at radius 3 is 2.57 bits per heavy atom. The van der Waals surface area contributed by atoms with E-state index in [9.17, 15) is 9.18 Å². The van der Waals surface area contributed by atoms with E-state index in [-0.39, 0.29) is 47.2 Å². The summed E-state index contributed by atoms with van der Waals surface area (Å²) in [5, 5.41) is 7.96. The molecule has 35 heavy (non-hydrogen) atoms. The molecule has 0 atom stereocenters. The molecule has 0 unspecified atom stereocenters. The average molecular weight is 489 g/mol. The zero-order valence-electron chi connectivity index (χ0n) is 20.8. The minimum absolute atomic E-state index is 0.0265. The molecule has 1 aliphatic rings. The summed E-state index contributed by atoms with van der Waals surface area (Å²) >= 11 is 0. The molecule has 0 saturated heterocycles. The molecule has 2 aromatic heterocycles. The lowest BCUT2D eigenvalue weighted by atomic mass is 9.92. The van der Waals surface area contributed by atoms with Gasteiger partial charge >= 0.3 is 0 Å². The number of methoxy groups -OCH3 is 1. The van der Waals surface area contributed by atoms with Gasteiger partial charge in [-0.1, -0.05) is 20.8 Å². The van der Waals surface area contributed by atoms with Crippen molar-refractivity contribution in [3.05, 3.63) is 30.0 Å². The van der Waals surface area contributed by atoms with Crippen LogP contribution >= 0.6 is 0 Å². The van der Waals surface area contributed by atoms with E-state index in [1.165, 1.54) is 6.20 Å². The molecule has 3 heterocycles. The van der Waals surface area contributed by atoms with Crippen molar-refractivity contribution in [1.82, 2.24) is 14.8 Å². The van der Waals surface area contributed by atoms with Crippen LogP contribution in [0.1, 0.15) is 47.5 Å². The second-order valence-corrected chi connectivity index (χ2v) is 10.5. The predicted molar refractivity (Wildman–Crippen MR) is 127 cm³/mol. The number of hydrogen-bond acceptors (Lipinski definition) is 6. The molecule has 3 aromatic rings. The summed E-state index contributed by atoms with van der Waals surface area (Å²) in [6.07, 6.45) is 2.37. The Hall–Kier alpha value is -3.27. The molecule has 0 saturated carbocycles. The monoisotopic (exact) mass is 488 g/mol. The summed E-state index contributed by atoms with van der Waals surface area (Å²) in [5.74, 6) is -1.88. The van der Waals surface area contributed by atoms with Crippen molar-refractivity contribution in [2.75, 3.05) is 19.2 Å². The van der Waals surface area contributed by atoms with Crippen molar-refractivity contribution in [1.29, 1.82) is 0 Å². The lowest BCUT2D eigenvalue weighted by Crippen LogP contribution is -2.25. The number of anilines is 1. The molecule has 0 radical (unpaired) electrons. The van der Waals surface area contributed by atoms with Crippen LogP contribution in [-0.2, 0) is 16.1 Å². The van der Waals surface area contributed by atoms with Gasteiger partial charge in [-0.3, -0.25) is 4.79 Å². The van der Waals surface area contributed by atoms with E-state index in [2.05, 4.69) is 15.4 Å². The largest absolute Gasteiger partial charge is 0.450 e. The molecule has 1 aliphatic heterocycles. The summed E-state index contributed by atoms with van der Waals surface area (Å²) < 4.78 is 47.0. The fourth-order valence-corrected chi connectivity index (χ4v) is 3.80. The first kappa shape index (κ1) is 24.8. The molecule has 1 N–H and O–H groups in total. The van der Waals surface area contributed by atoms with Gasteiger partial charge in [0, 0.05) is 37.4 Å². The number of aryl methyl sites for hydroxylation is 1. The zero-order chi connectivity index (χ0) is 25.5.